The minimum absolute atomic E-state index is 0.141. The molecule has 21 heavy (non-hydrogen) atoms. The van der Waals surface area contributed by atoms with Crippen molar-refractivity contribution in [2.75, 3.05) is 11.5 Å². The molecule has 1 amide bonds. The molecule has 2 N–H and O–H groups in total. The first-order chi connectivity index (χ1) is 9.64. The zero-order chi connectivity index (χ0) is 15.9. The Morgan fingerprint density at radius 3 is 2.38 bits per heavy atom. The fourth-order valence-corrected chi connectivity index (χ4v) is 4.94. The molecule has 1 aliphatic heterocycles. The molecule has 0 aromatic rings. The van der Waals surface area contributed by atoms with Crippen molar-refractivity contribution in [1.82, 2.24) is 5.32 Å². The summed E-state index contributed by atoms with van der Waals surface area (Å²) in [6, 6.07) is 0. The number of carboxylic acid groups (broad SMARTS) is 1. The van der Waals surface area contributed by atoms with Crippen molar-refractivity contribution in [1.29, 1.82) is 0 Å². The van der Waals surface area contributed by atoms with E-state index in [0.29, 0.717) is 32.1 Å². The quantitative estimate of drug-likeness (QED) is 0.786. The van der Waals surface area contributed by atoms with Gasteiger partial charge in [-0.15, -0.1) is 0 Å². The molecule has 0 radical (unpaired) electrons. The third-order valence-corrected chi connectivity index (χ3v) is 6.60. The minimum atomic E-state index is -2.95. The minimum Gasteiger partial charge on any atom is -0.480 e. The predicted octanol–water partition coefficient (Wildman–Crippen LogP) is 0.961. The van der Waals surface area contributed by atoms with Gasteiger partial charge in [0.15, 0.2) is 0 Å². The van der Waals surface area contributed by atoms with Gasteiger partial charge in [0.05, 0.1) is 11.5 Å². The maximum absolute atomic E-state index is 12.3. The van der Waals surface area contributed by atoms with Crippen molar-refractivity contribution >= 4 is 21.7 Å². The van der Waals surface area contributed by atoms with E-state index in [1.807, 2.05) is 6.92 Å². The Balaban J connectivity index is 1.99. The highest BCUT2D eigenvalue weighted by Crippen LogP contribution is 2.59. The summed E-state index contributed by atoms with van der Waals surface area (Å²) in [4.78, 5) is 23.7. The molecule has 2 fully saturated rings. The van der Waals surface area contributed by atoms with Gasteiger partial charge in [-0.05, 0) is 38.0 Å². The second-order valence-corrected chi connectivity index (χ2v) is 8.95. The van der Waals surface area contributed by atoms with Crippen molar-refractivity contribution in [3.63, 3.8) is 0 Å². The molecule has 0 aromatic heterocycles. The second-order valence-electron chi connectivity index (χ2n) is 6.65. The van der Waals surface area contributed by atoms with Crippen LogP contribution in [0.4, 0.5) is 0 Å². The van der Waals surface area contributed by atoms with E-state index in [1.54, 1.807) is 0 Å². The predicted molar refractivity (Wildman–Crippen MR) is 77.5 cm³/mol. The van der Waals surface area contributed by atoms with E-state index in [0.717, 1.165) is 0 Å². The molecule has 0 bridgehead atoms. The zero-order valence-corrected chi connectivity index (χ0v) is 13.3. The van der Waals surface area contributed by atoms with Crippen LogP contribution in [0.1, 0.15) is 46.0 Å². The summed E-state index contributed by atoms with van der Waals surface area (Å²) in [5, 5.41) is 12.0. The van der Waals surface area contributed by atoms with Crippen LogP contribution in [0.2, 0.25) is 0 Å². The molecular formula is C14H23NO5S. The molecule has 0 aromatic carbocycles. The van der Waals surface area contributed by atoms with Crippen molar-refractivity contribution in [3.8, 4) is 0 Å². The summed E-state index contributed by atoms with van der Waals surface area (Å²) < 4.78 is 22.9. The van der Waals surface area contributed by atoms with E-state index in [9.17, 15) is 23.1 Å². The van der Waals surface area contributed by atoms with Crippen molar-refractivity contribution in [2.45, 2.75) is 51.5 Å². The van der Waals surface area contributed by atoms with E-state index < -0.39 is 21.3 Å². The van der Waals surface area contributed by atoms with Gasteiger partial charge in [0.25, 0.3) is 0 Å². The van der Waals surface area contributed by atoms with E-state index in [-0.39, 0.29) is 28.7 Å². The van der Waals surface area contributed by atoms with Crippen LogP contribution in [-0.4, -0.2) is 42.4 Å². The average Bonchev–Trinajstić information content (AvgIpc) is 3.09. The number of rotatable bonds is 5. The second kappa shape index (κ2) is 5.26. The summed E-state index contributed by atoms with van der Waals surface area (Å²) in [6.07, 6.45) is 2.76. The van der Waals surface area contributed by atoms with Crippen LogP contribution in [0, 0.1) is 11.3 Å². The Morgan fingerprint density at radius 2 is 1.90 bits per heavy atom. The number of amides is 1. The topological polar surface area (TPSA) is 101 Å². The van der Waals surface area contributed by atoms with Gasteiger partial charge in [0.2, 0.25) is 5.91 Å². The van der Waals surface area contributed by atoms with Crippen LogP contribution in [-0.2, 0) is 19.4 Å². The SMILES string of the molecule is CCCC(C)(NC(=O)C1CC12CCS(=O)(=O)CC2)C(=O)O. The number of nitrogens with one attached hydrogen (secondary N) is 1. The molecule has 1 spiro atoms. The Labute approximate surface area is 125 Å². The van der Waals surface area contributed by atoms with E-state index in [1.165, 1.54) is 6.92 Å². The number of aliphatic carboxylic acids is 1. The molecule has 2 atom stereocenters. The molecule has 1 aliphatic carbocycles. The summed E-state index contributed by atoms with van der Waals surface area (Å²) >= 11 is 0. The Kier molecular flexibility index (Phi) is 4.08. The first-order valence-electron chi connectivity index (χ1n) is 7.40. The summed E-state index contributed by atoms with van der Waals surface area (Å²) in [5.41, 5.74) is -1.45. The van der Waals surface area contributed by atoms with Crippen LogP contribution in [0.25, 0.3) is 0 Å². The molecule has 2 unspecified atom stereocenters. The van der Waals surface area contributed by atoms with Crippen LogP contribution in [0.3, 0.4) is 0 Å². The Morgan fingerprint density at radius 1 is 1.33 bits per heavy atom. The largest absolute Gasteiger partial charge is 0.480 e. The van der Waals surface area contributed by atoms with E-state index >= 15 is 0 Å². The summed E-state index contributed by atoms with van der Waals surface area (Å²) in [7, 11) is -2.95. The fraction of sp³-hybridized carbons (Fsp3) is 0.857. The van der Waals surface area contributed by atoms with Crippen LogP contribution < -0.4 is 5.32 Å². The number of carbonyl (C=O) groups is 2. The van der Waals surface area contributed by atoms with Gasteiger partial charge in [-0.25, -0.2) is 13.2 Å². The van der Waals surface area contributed by atoms with Gasteiger partial charge in [0.1, 0.15) is 15.4 Å². The van der Waals surface area contributed by atoms with Gasteiger partial charge in [-0.2, -0.15) is 0 Å². The lowest BCUT2D eigenvalue weighted by Gasteiger charge is -2.27. The lowest BCUT2D eigenvalue weighted by Crippen LogP contribution is -2.53. The van der Waals surface area contributed by atoms with E-state index in [4.69, 9.17) is 0 Å². The van der Waals surface area contributed by atoms with Crippen molar-refractivity contribution in [3.05, 3.63) is 0 Å². The van der Waals surface area contributed by atoms with Gasteiger partial charge < -0.3 is 10.4 Å². The first-order valence-corrected chi connectivity index (χ1v) is 9.22. The Hall–Kier alpha value is -1.11. The molecule has 1 saturated carbocycles. The zero-order valence-electron chi connectivity index (χ0n) is 12.5. The summed E-state index contributed by atoms with van der Waals surface area (Å²) in [5.74, 6) is -1.22. The van der Waals surface area contributed by atoms with Crippen LogP contribution in [0.5, 0.6) is 0 Å². The number of hydrogen-bond acceptors (Lipinski definition) is 4. The van der Waals surface area contributed by atoms with E-state index in [2.05, 4.69) is 5.32 Å². The van der Waals surface area contributed by atoms with Crippen molar-refractivity contribution in [2.24, 2.45) is 11.3 Å². The summed E-state index contributed by atoms with van der Waals surface area (Å²) in [6.45, 7) is 3.40. The standard InChI is InChI=1S/C14H23NO5S/c1-3-4-13(2,12(17)18)15-11(16)10-9-14(10)5-7-21(19,20)8-6-14/h10H,3-9H2,1-2H3,(H,15,16)(H,17,18). The molecular weight excluding hydrogens is 294 g/mol. The number of carboxylic acids is 1. The molecule has 7 heteroatoms. The third-order valence-electron chi connectivity index (χ3n) is 4.95. The molecule has 1 saturated heterocycles. The lowest BCUT2D eigenvalue weighted by molar-refractivity contribution is -0.147. The number of carbonyl (C=O) groups excluding carboxylic acids is 1. The maximum atomic E-state index is 12.3. The Bertz CT molecular complexity index is 542. The first kappa shape index (κ1) is 16.3. The molecule has 2 aliphatic rings. The lowest BCUT2D eigenvalue weighted by atomic mass is 9.93. The highest BCUT2D eigenvalue weighted by atomic mass is 32.2. The van der Waals surface area contributed by atoms with Crippen molar-refractivity contribution < 1.29 is 23.1 Å². The molecule has 2 rings (SSSR count). The van der Waals surface area contributed by atoms with Gasteiger partial charge in [-0.3, -0.25) is 4.79 Å². The number of hydrogen-bond donors (Lipinski definition) is 2. The molecule has 120 valence electrons. The third kappa shape index (κ3) is 3.22. The maximum Gasteiger partial charge on any atom is 0.329 e. The normalized spacial score (nSPS) is 28.6. The molecule has 6 nitrogen and oxygen atoms in total. The highest BCUT2D eigenvalue weighted by Gasteiger charge is 2.60. The molecule has 1 heterocycles. The van der Waals surface area contributed by atoms with Gasteiger partial charge in [0, 0.05) is 5.92 Å². The highest BCUT2D eigenvalue weighted by molar-refractivity contribution is 7.91. The smallest absolute Gasteiger partial charge is 0.329 e. The average molecular weight is 317 g/mol. The monoisotopic (exact) mass is 317 g/mol. The fourth-order valence-electron chi connectivity index (χ4n) is 3.30. The van der Waals surface area contributed by atoms with Crippen LogP contribution in [0.15, 0.2) is 0 Å². The van der Waals surface area contributed by atoms with Gasteiger partial charge >= 0.3 is 5.97 Å². The number of sulfone groups is 1. The van der Waals surface area contributed by atoms with Gasteiger partial charge in [-0.1, -0.05) is 13.3 Å². The van der Waals surface area contributed by atoms with Crippen LogP contribution >= 0.6 is 0 Å².